The van der Waals surface area contributed by atoms with Crippen LogP contribution in [0.4, 0.5) is 0 Å². The van der Waals surface area contributed by atoms with Crippen molar-refractivity contribution in [1.29, 1.82) is 0 Å². The normalized spacial score (nSPS) is 17.1. The van der Waals surface area contributed by atoms with Gasteiger partial charge in [0.05, 0.1) is 11.4 Å². The number of rotatable bonds is 4. The van der Waals surface area contributed by atoms with E-state index < -0.39 is 10.0 Å². The summed E-state index contributed by atoms with van der Waals surface area (Å²) in [6, 6.07) is 6.25. The lowest BCUT2D eigenvalue weighted by Gasteiger charge is -2.32. The van der Waals surface area contributed by atoms with E-state index in [-0.39, 0.29) is 17.5 Å². The first-order valence-corrected chi connectivity index (χ1v) is 8.58. The Labute approximate surface area is 126 Å². The Morgan fingerprint density at radius 3 is 2.35 bits per heavy atom. The zero-order valence-electron chi connectivity index (χ0n) is 11.3. The van der Waals surface area contributed by atoms with Gasteiger partial charge in [-0.3, -0.25) is 0 Å². The lowest BCUT2D eigenvalue weighted by atomic mass is 9.95. The second-order valence-electron chi connectivity index (χ2n) is 5.00. The van der Waals surface area contributed by atoms with E-state index in [4.69, 9.17) is 18.0 Å². The Hall–Kier alpha value is -1.02. The van der Waals surface area contributed by atoms with E-state index in [1.165, 1.54) is 22.9 Å². The first-order chi connectivity index (χ1) is 9.55. The van der Waals surface area contributed by atoms with Gasteiger partial charge in [-0.25, -0.2) is 8.42 Å². The van der Waals surface area contributed by atoms with Crippen LogP contribution in [0.2, 0.25) is 5.02 Å². The Bertz CT molecular complexity index is 583. The Morgan fingerprint density at radius 1 is 1.20 bits per heavy atom. The Balaban J connectivity index is 2.31. The summed E-state index contributed by atoms with van der Waals surface area (Å²) in [6.45, 7) is 0.121. The van der Waals surface area contributed by atoms with Crippen LogP contribution < -0.4 is 0 Å². The predicted octanol–water partition coefficient (Wildman–Crippen LogP) is 3.30. The van der Waals surface area contributed by atoms with Gasteiger partial charge in [0, 0.05) is 11.1 Å². The molecule has 3 nitrogen and oxygen atoms in total. The molecule has 108 valence electrons. The summed E-state index contributed by atoms with van der Waals surface area (Å²) in [5, 5.41) is 0.519. The molecule has 0 aliphatic heterocycles. The van der Waals surface area contributed by atoms with E-state index in [0.29, 0.717) is 5.02 Å². The molecule has 1 aliphatic rings. The maximum Gasteiger partial charge on any atom is 0.244 e. The average Bonchev–Trinajstić information content (AvgIpc) is 2.46. The number of benzene rings is 1. The van der Waals surface area contributed by atoms with Crippen LogP contribution in [0.3, 0.4) is 0 Å². The first-order valence-electron chi connectivity index (χ1n) is 6.76. The summed E-state index contributed by atoms with van der Waals surface area (Å²) < 4.78 is 26.9. The molecule has 0 radical (unpaired) electrons. The topological polar surface area (TPSA) is 37.4 Å². The minimum absolute atomic E-state index is 0.0143. The third-order valence-corrected chi connectivity index (χ3v) is 5.81. The summed E-state index contributed by atoms with van der Waals surface area (Å²) in [4.78, 5) is 0.253. The monoisotopic (exact) mass is 311 g/mol. The van der Waals surface area contributed by atoms with Crippen LogP contribution in [0.15, 0.2) is 29.2 Å². The second kappa shape index (κ2) is 6.62. The number of terminal acetylenes is 1. The lowest BCUT2D eigenvalue weighted by Crippen LogP contribution is -2.41. The highest BCUT2D eigenvalue weighted by Gasteiger charge is 2.31. The zero-order valence-corrected chi connectivity index (χ0v) is 12.8. The minimum Gasteiger partial charge on any atom is -0.207 e. The fourth-order valence-electron chi connectivity index (χ4n) is 2.61. The zero-order chi connectivity index (χ0) is 14.6. The molecule has 0 amide bonds. The van der Waals surface area contributed by atoms with Gasteiger partial charge < -0.3 is 0 Å². The van der Waals surface area contributed by atoms with E-state index in [0.717, 1.165) is 25.7 Å². The molecular formula is C15H18ClNO2S. The molecule has 1 aliphatic carbocycles. The van der Waals surface area contributed by atoms with Crippen molar-refractivity contribution in [3.8, 4) is 12.3 Å². The van der Waals surface area contributed by atoms with Crippen LogP contribution in [0.25, 0.3) is 0 Å². The molecule has 1 saturated carbocycles. The standard InChI is InChI=1S/C15H18ClNO2S/c1-2-12-17(14-6-4-3-5-7-14)20(18,19)15-10-8-13(16)9-11-15/h1,8-11,14H,3-7,12H2. The van der Waals surface area contributed by atoms with Gasteiger partial charge in [-0.1, -0.05) is 36.8 Å². The van der Waals surface area contributed by atoms with E-state index in [2.05, 4.69) is 5.92 Å². The van der Waals surface area contributed by atoms with E-state index in [9.17, 15) is 8.42 Å². The summed E-state index contributed by atoms with van der Waals surface area (Å²) in [7, 11) is -3.55. The summed E-state index contributed by atoms with van der Waals surface area (Å²) >= 11 is 5.81. The molecule has 1 aromatic rings. The van der Waals surface area contributed by atoms with Gasteiger partial charge in [0.2, 0.25) is 10.0 Å². The summed E-state index contributed by atoms with van der Waals surface area (Å²) in [5.74, 6) is 2.47. The molecule has 0 N–H and O–H groups in total. The SMILES string of the molecule is C#CCN(C1CCCCC1)S(=O)(=O)c1ccc(Cl)cc1. The maximum absolute atomic E-state index is 12.7. The smallest absolute Gasteiger partial charge is 0.207 e. The van der Waals surface area contributed by atoms with Gasteiger partial charge in [0.25, 0.3) is 0 Å². The lowest BCUT2D eigenvalue weighted by molar-refractivity contribution is 0.271. The number of halogens is 1. The van der Waals surface area contributed by atoms with Crippen LogP contribution in [-0.2, 0) is 10.0 Å². The van der Waals surface area contributed by atoms with Crippen LogP contribution >= 0.6 is 11.6 Å². The third kappa shape index (κ3) is 3.35. The van der Waals surface area contributed by atoms with Crippen molar-refractivity contribution in [2.24, 2.45) is 0 Å². The largest absolute Gasteiger partial charge is 0.244 e. The molecule has 0 spiro atoms. The number of nitrogens with zero attached hydrogens (tertiary/aromatic N) is 1. The van der Waals surface area contributed by atoms with E-state index in [1.807, 2.05) is 0 Å². The molecule has 5 heteroatoms. The van der Waals surface area contributed by atoms with Crippen LogP contribution in [0, 0.1) is 12.3 Å². The molecule has 20 heavy (non-hydrogen) atoms. The molecule has 2 rings (SSSR count). The molecule has 1 fully saturated rings. The number of sulfonamides is 1. The van der Waals surface area contributed by atoms with Crippen LogP contribution in [0.5, 0.6) is 0 Å². The van der Waals surface area contributed by atoms with Gasteiger partial charge in [-0.15, -0.1) is 6.42 Å². The summed E-state index contributed by atoms with van der Waals surface area (Å²) in [6.07, 6.45) is 10.4. The molecule has 0 bridgehead atoms. The average molecular weight is 312 g/mol. The van der Waals surface area contributed by atoms with E-state index in [1.54, 1.807) is 12.1 Å². The molecule has 0 aromatic heterocycles. The minimum atomic E-state index is -3.55. The second-order valence-corrected chi connectivity index (χ2v) is 7.33. The van der Waals surface area contributed by atoms with Crippen LogP contribution in [-0.4, -0.2) is 25.3 Å². The Kier molecular flexibility index (Phi) is 5.09. The quantitative estimate of drug-likeness (QED) is 0.800. The Morgan fingerprint density at radius 2 is 1.80 bits per heavy atom. The molecule has 1 aromatic carbocycles. The van der Waals surface area contributed by atoms with Crippen molar-refractivity contribution in [2.75, 3.05) is 6.54 Å². The molecule has 0 unspecified atom stereocenters. The molecule has 0 atom stereocenters. The van der Waals surface area contributed by atoms with Crippen molar-refractivity contribution in [1.82, 2.24) is 4.31 Å². The molecule has 0 heterocycles. The van der Waals surface area contributed by atoms with Gasteiger partial charge in [-0.2, -0.15) is 4.31 Å². The number of hydrogen-bond acceptors (Lipinski definition) is 2. The highest BCUT2D eigenvalue weighted by molar-refractivity contribution is 7.89. The van der Waals surface area contributed by atoms with Gasteiger partial charge in [-0.05, 0) is 37.1 Å². The number of hydrogen-bond donors (Lipinski definition) is 0. The van der Waals surface area contributed by atoms with Gasteiger partial charge in [0.15, 0.2) is 0 Å². The fourth-order valence-corrected chi connectivity index (χ4v) is 4.34. The first kappa shape index (κ1) is 15.4. The van der Waals surface area contributed by atoms with Crippen molar-refractivity contribution >= 4 is 21.6 Å². The molecule has 0 saturated heterocycles. The highest BCUT2D eigenvalue weighted by Crippen LogP contribution is 2.28. The van der Waals surface area contributed by atoms with Crippen molar-refractivity contribution in [3.63, 3.8) is 0 Å². The van der Waals surface area contributed by atoms with Gasteiger partial charge >= 0.3 is 0 Å². The van der Waals surface area contributed by atoms with Gasteiger partial charge in [0.1, 0.15) is 0 Å². The van der Waals surface area contributed by atoms with Crippen LogP contribution in [0.1, 0.15) is 32.1 Å². The maximum atomic E-state index is 12.7. The predicted molar refractivity (Wildman–Crippen MR) is 81.0 cm³/mol. The van der Waals surface area contributed by atoms with Crippen molar-refractivity contribution < 1.29 is 8.42 Å². The molecular weight excluding hydrogens is 294 g/mol. The van der Waals surface area contributed by atoms with Crippen molar-refractivity contribution in [3.05, 3.63) is 29.3 Å². The highest BCUT2D eigenvalue weighted by atomic mass is 35.5. The van der Waals surface area contributed by atoms with Crippen molar-refractivity contribution in [2.45, 2.75) is 43.0 Å². The van der Waals surface area contributed by atoms with E-state index >= 15 is 0 Å². The third-order valence-electron chi connectivity index (χ3n) is 3.65. The summed E-state index contributed by atoms with van der Waals surface area (Å²) in [5.41, 5.74) is 0. The fraction of sp³-hybridized carbons (Fsp3) is 0.467.